The molecule has 19 heavy (non-hydrogen) atoms. The lowest BCUT2D eigenvalue weighted by Gasteiger charge is -2.01. The molecule has 1 N–H and O–H groups in total. The van der Waals surface area contributed by atoms with Crippen molar-refractivity contribution in [3.8, 4) is 0 Å². The number of benzene rings is 2. The fourth-order valence-corrected chi connectivity index (χ4v) is 2.21. The van der Waals surface area contributed by atoms with Crippen molar-refractivity contribution in [3.63, 3.8) is 0 Å². The van der Waals surface area contributed by atoms with Crippen molar-refractivity contribution in [1.29, 1.82) is 0 Å². The van der Waals surface area contributed by atoms with Gasteiger partial charge in [-0.1, -0.05) is 42.5 Å². The summed E-state index contributed by atoms with van der Waals surface area (Å²) in [4.78, 5) is 11.4. The highest BCUT2D eigenvalue weighted by Gasteiger charge is 2.04. The minimum absolute atomic E-state index is 0.657. The summed E-state index contributed by atoms with van der Waals surface area (Å²) < 4.78 is 23.7. The van der Waals surface area contributed by atoms with Gasteiger partial charge in [-0.25, -0.2) is 13.1 Å². The highest BCUT2D eigenvalue weighted by atomic mass is 32.2. The van der Waals surface area contributed by atoms with Crippen LogP contribution in [-0.2, 0) is 14.8 Å². The number of carbonyl (C=O) groups is 1. The third-order valence-corrected chi connectivity index (χ3v) is 3.10. The molecule has 0 aromatic heterocycles. The lowest BCUT2D eigenvalue weighted by Crippen LogP contribution is -2.27. The largest absolute Gasteiger partial charge is 0.269 e. The van der Waals surface area contributed by atoms with E-state index in [0.717, 1.165) is 22.6 Å². The van der Waals surface area contributed by atoms with Gasteiger partial charge in [-0.2, -0.15) is 0 Å². The van der Waals surface area contributed by atoms with E-state index in [-0.39, 0.29) is 0 Å². The van der Waals surface area contributed by atoms with Crippen LogP contribution in [-0.4, -0.2) is 20.6 Å². The average molecular weight is 275 g/mol. The van der Waals surface area contributed by atoms with Crippen molar-refractivity contribution in [2.45, 2.75) is 0 Å². The molecule has 2 aromatic rings. The Morgan fingerprint density at radius 2 is 1.79 bits per heavy atom. The Hall–Kier alpha value is -2.14. The molecule has 0 aliphatic rings. The predicted octanol–water partition coefficient (Wildman–Crippen LogP) is 1.93. The third kappa shape index (κ3) is 3.66. The van der Waals surface area contributed by atoms with E-state index >= 15 is 0 Å². The summed E-state index contributed by atoms with van der Waals surface area (Å²) in [5.41, 5.74) is 0.863. The number of sulfonamides is 1. The highest BCUT2D eigenvalue weighted by Crippen LogP contribution is 2.19. The van der Waals surface area contributed by atoms with Gasteiger partial charge in [0.15, 0.2) is 0 Å². The van der Waals surface area contributed by atoms with Gasteiger partial charge in [0.25, 0.3) is 5.91 Å². The number of hydrogen-bond acceptors (Lipinski definition) is 3. The van der Waals surface area contributed by atoms with Gasteiger partial charge < -0.3 is 0 Å². The van der Waals surface area contributed by atoms with Gasteiger partial charge in [0.2, 0.25) is 10.0 Å². The fourth-order valence-electron chi connectivity index (χ4n) is 1.78. The normalized spacial score (nSPS) is 11.8. The van der Waals surface area contributed by atoms with Gasteiger partial charge in [-0.3, -0.25) is 4.79 Å². The van der Waals surface area contributed by atoms with Crippen LogP contribution in [0.1, 0.15) is 5.56 Å². The number of nitrogens with one attached hydrogen (secondary N) is 1. The van der Waals surface area contributed by atoms with Crippen molar-refractivity contribution in [2.24, 2.45) is 0 Å². The predicted molar refractivity (Wildman–Crippen MR) is 76.0 cm³/mol. The van der Waals surface area contributed by atoms with E-state index in [2.05, 4.69) is 0 Å². The summed E-state index contributed by atoms with van der Waals surface area (Å²) in [6.45, 7) is 0. The molecule has 0 heterocycles. The molecule has 0 bridgehead atoms. The van der Waals surface area contributed by atoms with Gasteiger partial charge in [0, 0.05) is 6.08 Å². The molecule has 5 heteroatoms. The first-order valence-electron chi connectivity index (χ1n) is 5.63. The van der Waals surface area contributed by atoms with E-state index < -0.39 is 15.9 Å². The second kappa shape index (κ2) is 5.24. The van der Waals surface area contributed by atoms with E-state index in [1.165, 1.54) is 6.08 Å². The van der Waals surface area contributed by atoms with Crippen molar-refractivity contribution >= 4 is 32.8 Å². The van der Waals surface area contributed by atoms with Gasteiger partial charge in [-0.05, 0) is 22.4 Å². The SMILES string of the molecule is CS(=O)(=O)NC(=O)/C=C/c1cccc2ccccc12. The van der Waals surface area contributed by atoms with Crippen LogP contribution in [0, 0.1) is 0 Å². The van der Waals surface area contributed by atoms with Crippen molar-refractivity contribution in [1.82, 2.24) is 4.72 Å². The van der Waals surface area contributed by atoms with Gasteiger partial charge >= 0.3 is 0 Å². The molecule has 0 fully saturated rings. The number of rotatable bonds is 3. The smallest absolute Gasteiger partial charge is 0.257 e. The fraction of sp³-hybridized carbons (Fsp3) is 0.0714. The first kappa shape index (κ1) is 13.3. The maximum Gasteiger partial charge on any atom is 0.257 e. The molecule has 0 radical (unpaired) electrons. The zero-order valence-corrected chi connectivity index (χ0v) is 11.1. The van der Waals surface area contributed by atoms with E-state index in [9.17, 15) is 13.2 Å². The summed E-state index contributed by atoms with van der Waals surface area (Å²) in [6, 6.07) is 13.5. The summed E-state index contributed by atoms with van der Waals surface area (Å²) in [6.07, 6.45) is 3.75. The second-order valence-electron chi connectivity index (χ2n) is 4.14. The Morgan fingerprint density at radius 3 is 2.53 bits per heavy atom. The lowest BCUT2D eigenvalue weighted by atomic mass is 10.0. The summed E-state index contributed by atoms with van der Waals surface area (Å²) in [7, 11) is -3.52. The molecule has 0 saturated heterocycles. The Labute approximate surface area is 111 Å². The van der Waals surface area contributed by atoms with Crippen LogP contribution in [0.2, 0.25) is 0 Å². The standard InChI is InChI=1S/C14H13NO3S/c1-19(17,18)15-14(16)10-9-12-7-4-6-11-5-2-3-8-13(11)12/h2-10H,1H3,(H,15,16)/b10-9+. The molecule has 0 aliphatic carbocycles. The number of carbonyl (C=O) groups excluding carboxylic acids is 1. The molecule has 2 aromatic carbocycles. The molecule has 0 unspecified atom stereocenters. The van der Waals surface area contributed by atoms with Crippen LogP contribution in [0.4, 0.5) is 0 Å². The molecule has 98 valence electrons. The Morgan fingerprint density at radius 1 is 1.11 bits per heavy atom. The molecule has 0 saturated carbocycles. The van der Waals surface area contributed by atoms with E-state index in [4.69, 9.17) is 0 Å². The van der Waals surface area contributed by atoms with Crippen molar-refractivity contribution in [3.05, 3.63) is 54.1 Å². The first-order valence-corrected chi connectivity index (χ1v) is 7.52. The maximum absolute atomic E-state index is 11.4. The van der Waals surface area contributed by atoms with Crippen LogP contribution in [0.5, 0.6) is 0 Å². The van der Waals surface area contributed by atoms with E-state index in [1.807, 2.05) is 47.2 Å². The summed E-state index contributed by atoms with van der Waals surface area (Å²) in [5, 5.41) is 2.07. The minimum Gasteiger partial charge on any atom is -0.269 e. The van der Waals surface area contributed by atoms with Crippen molar-refractivity contribution < 1.29 is 13.2 Å². The first-order chi connectivity index (χ1) is 8.96. The summed E-state index contributed by atoms with van der Waals surface area (Å²) >= 11 is 0. The third-order valence-electron chi connectivity index (χ3n) is 2.52. The highest BCUT2D eigenvalue weighted by molar-refractivity contribution is 7.89. The Bertz CT molecular complexity index is 743. The van der Waals surface area contributed by atoms with Crippen LogP contribution >= 0.6 is 0 Å². The van der Waals surface area contributed by atoms with Gasteiger partial charge in [-0.15, -0.1) is 0 Å². The topological polar surface area (TPSA) is 63.2 Å². The Kier molecular flexibility index (Phi) is 3.66. The number of fused-ring (bicyclic) bond motifs is 1. The number of hydrogen-bond donors (Lipinski definition) is 1. The van der Waals surface area contributed by atoms with Crippen LogP contribution in [0.3, 0.4) is 0 Å². The minimum atomic E-state index is -3.52. The van der Waals surface area contributed by atoms with E-state index in [0.29, 0.717) is 0 Å². The van der Waals surface area contributed by atoms with Crippen LogP contribution in [0.25, 0.3) is 16.8 Å². The molecule has 2 rings (SSSR count). The van der Waals surface area contributed by atoms with Gasteiger partial charge in [0.05, 0.1) is 6.26 Å². The molecule has 4 nitrogen and oxygen atoms in total. The zero-order valence-electron chi connectivity index (χ0n) is 10.3. The second-order valence-corrected chi connectivity index (χ2v) is 5.89. The van der Waals surface area contributed by atoms with Crippen LogP contribution < -0.4 is 4.72 Å². The maximum atomic E-state index is 11.4. The summed E-state index contributed by atoms with van der Waals surface area (Å²) in [5.74, 6) is -0.657. The molecular formula is C14H13NO3S. The molecule has 0 spiro atoms. The molecule has 0 aliphatic heterocycles. The molecule has 0 atom stereocenters. The van der Waals surface area contributed by atoms with E-state index in [1.54, 1.807) is 6.08 Å². The number of amides is 1. The molecule has 1 amide bonds. The van der Waals surface area contributed by atoms with Crippen molar-refractivity contribution in [2.75, 3.05) is 6.26 Å². The zero-order chi connectivity index (χ0) is 13.9. The average Bonchev–Trinajstić information content (AvgIpc) is 2.34. The molecular weight excluding hydrogens is 262 g/mol. The van der Waals surface area contributed by atoms with Crippen LogP contribution in [0.15, 0.2) is 48.5 Å². The quantitative estimate of drug-likeness (QED) is 0.871. The monoisotopic (exact) mass is 275 g/mol. The lowest BCUT2D eigenvalue weighted by molar-refractivity contribution is -0.114. The van der Waals surface area contributed by atoms with Gasteiger partial charge in [0.1, 0.15) is 0 Å². The Balaban J connectivity index is 2.29.